The van der Waals surface area contributed by atoms with Crippen LogP contribution in [0.15, 0.2) is 24.3 Å². The summed E-state index contributed by atoms with van der Waals surface area (Å²) in [5.41, 5.74) is 1.46. The molecule has 0 aliphatic heterocycles. The van der Waals surface area contributed by atoms with Gasteiger partial charge in [-0.2, -0.15) is 0 Å². The van der Waals surface area contributed by atoms with Crippen molar-refractivity contribution in [2.45, 2.75) is 31.4 Å². The van der Waals surface area contributed by atoms with Crippen molar-refractivity contribution < 1.29 is 14.3 Å². The maximum Gasteiger partial charge on any atom is 0.331 e. The number of esters is 1. The van der Waals surface area contributed by atoms with Gasteiger partial charge in [0.15, 0.2) is 0 Å². The Bertz CT molecular complexity index is 438. The van der Waals surface area contributed by atoms with E-state index in [-0.39, 0.29) is 12.1 Å². The normalized spacial score (nSPS) is 26.3. The zero-order valence-corrected chi connectivity index (χ0v) is 11.0. The molecule has 98 valence electrons. The highest BCUT2D eigenvalue weighted by molar-refractivity contribution is 5.86. The second kappa shape index (κ2) is 4.98. The zero-order valence-electron chi connectivity index (χ0n) is 11.0. The zero-order chi connectivity index (χ0) is 13.2. The molecule has 0 amide bonds. The van der Waals surface area contributed by atoms with Crippen molar-refractivity contribution in [1.29, 1.82) is 0 Å². The maximum absolute atomic E-state index is 11.9. The van der Waals surface area contributed by atoms with E-state index in [1.807, 2.05) is 31.2 Å². The standard InChI is InChI=1S/C14H19NO3/c1-10-5-4-6-11(7-10)15-14(13(16)18-3)8-12(9-14)17-2/h4-7,12,15H,8-9H2,1-3H3. The number of carbonyl (C=O) groups excluding carboxylic acids is 1. The minimum Gasteiger partial charge on any atom is -0.467 e. The lowest BCUT2D eigenvalue weighted by Crippen LogP contribution is -2.59. The van der Waals surface area contributed by atoms with Crippen molar-refractivity contribution in [2.75, 3.05) is 19.5 Å². The van der Waals surface area contributed by atoms with Crippen molar-refractivity contribution in [2.24, 2.45) is 0 Å². The summed E-state index contributed by atoms with van der Waals surface area (Å²) in [6, 6.07) is 7.96. The molecule has 1 aromatic rings. The number of rotatable bonds is 4. The number of hydrogen-bond acceptors (Lipinski definition) is 4. The Balaban J connectivity index is 2.14. The first-order valence-corrected chi connectivity index (χ1v) is 6.06. The van der Waals surface area contributed by atoms with Gasteiger partial charge in [-0.05, 0) is 24.6 Å². The molecule has 0 saturated heterocycles. The van der Waals surface area contributed by atoms with Gasteiger partial charge in [0.2, 0.25) is 0 Å². The molecule has 18 heavy (non-hydrogen) atoms. The molecule has 1 N–H and O–H groups in total. The van der Waals surface area contributed by atoms with E-state index >= 15 is 0 Å². The van der Waals surface area contributed by atoms with E-state index < -0.39 is 5.54 Å². The van der Waals surface area contributed by atoms with Gasteiger partial charge in [-0.25, -0.2) is 4.79 Å². The number of ether oxygens (including phenoxy) is 2. The van der Waals surface area contributed by atoms with Crippen LogP contribution in [0.4, 0.5) is 5.69 Å². The lowest BCUT2D eigenvalue weighted by atomic mass is 9.74. The lowest BCUT2D eigenvalue weighted by Gasteiger charge is -2.45. The summed E-state index contributed by atoms with van der Waals surface area (Å²) >= 11 is 0. The number of aryl methyl sites for hydroxylation is 1. The molecule has 0 unspecified atom stereocenters. The van der Waals surface area contributed by atoms with Gasteiger partial charge in [-0.15, -0.1) is 0 Å². The van der Waals surface area contributed by atoms with Crippen LogP contribution in [0.3, 0.4) is 0 Å². The van der Waals surface area contributed by atoms with E-state index in [1.54, 1.807) is 7.11 Å². The Morgan fingerprint density at radius 1 is 1.39 bits per heavy atom. The first-order valence-electron chi connectivity index (χ1n) is 6.06. The first-order chi connectivity index (χ1) is 8.59. The Labute approximate surface area is 107 Å². The van der Waals surface area contributed by atoms with Crippen LogP contribution in [0.2, 0.25) is 0 Å². The number of anilines is 1. The average molecular weight is 249 g/mol. The molecule has 0 spiro atoms. The monoisotopic (exact) mass is 249 g/mol. The van der Waals surface area contributed by atoms with Gasteiger partial charge in [0.1, 0.15) is 5.54 Å². The molecule has 1 aromatic carbocycles. The Kier molecular flexibility index (Phi) is 3.57. The van der Waals surface area contributed by atoms with Crippen molar-refractivity contribution in [3.63, 3.8) is 0 Å². The first kappa shape index (κ1) is 12.9. The molecule has 0 heterocycles. The van der Waals surface area contributed by atoms with Crippen LogP contribution >= 0.6 is 0 Å². The number of nitrogens with one attached hydrogen (secondary N) is 1. The minimum atomic E-state index is -0.636. The van der Waals surface area contributed by atoms with Crippen LogP contribution in [0.1, 0.15) is 18.4 Å². The number of carbonyl (C=O) groups is 1. The van der Waals surface area contributed by atoms with Crippen LogP contribution in [-0.4, -0.2) is 31.8 Å². The summed E-state index contributed by atoms with van der Waals surface area (Å²) in [6.45, 7) is 2.02. The summed E-state index contributed by atoms with van der Waals surface area (Å²) in [5, 5.41) is 3.29. The molecule has 0 radical (unpaired) electrons. The van der Waals surface area contributed by atoms with Crippen LogP contribution in [0.25, 0.3) is 0 Å². The molecule has 1 aliphatic rings. The number of hydrogen-bond donors (Lipinski definition) is 1. The molecule has 0 bridgehead atoms. The van der Waals surface area contributed by atoms with Crippen LogP contribution in [0.5, 0.6) is 0 Å². The van der Waals surface area contributed by atoms with Gasteiger partial charge in [-0.3, -0.25) is 0 Å². The molecule has 0 aromatic heterocycles. The molecular weight excluding hydrogens is 230 g/mol. The van der Waals surface area contributed by atoms with Crippen LogP contribution in [0, 0.1) is 6.92 Å². The van der Waals surface area contributed by atoms with E-state index in [0.717, 1.165) is 11.3 Å². The van der Waals surface area contributed by atoms with Gasteiger partial charge in [-0.1, -0.05) is 12.1 Å². The summed E-state index contributed by atoms with van der Waals surface area (Å²) in [7, 11) is 3.08. The Hall–Kier alpha value is -1.55. The molecule has 1 aliphatic carbocycles. The van der Waals surface area contributed by atoms with Crippen molar-refractivity contribution in [1.82, 2.24) is 0 Å². The van der Waals surface area contributed by atoms with Crippen LogP contribution < -0.4 is 5.32 Å². The maximum atomic E-state index is 11.9. The van der Waals surface area contributed by atoms with E-state index in [4.69, 9.17) is 9.47 Å². The predicted molar refractivity (Wildman–Crippen MR) is 69.6 cm³/mol. The van der Waals surface area contributed by atoms with Crippen molar-refractivity contribution in [3.8, 4) is 0 Å². The largest absolute Gasteiger partial charge is 0.467 e. The average Bonchev–Trinajstić information content (AvgIpc) is 2.32. The highest BCUT2D eigenvalue weighted by Crippen LogP contribution is 2.38. The van der Waals surface area contributed by atoms with Crippen molar-refractivity contribution in [3.05, 3.63) is 29.8 Å². The van der Waals surface area contributed by atoms with Crippen molar-refractivity contribution >= 4 is 11.7 Å². The highest BCUT2D eigenvalue weighted by atomic mass is 16.5. The van der Waals surface area contributed by atoms with Gasteiger partial charge in [0.25, 0.3) is 0 Å². The second-order valence-corrected chi connectivity index (χ2v) is 4.83. The SMILES string of the molecule is COC(=O)C1(Nc2cccc(C)c2)CC(OC)C1. The molecule has 4 nitrogen and oxygen atoms in total. The fraction of sp³-hybridized carbons (Fsp3) is 0.500. The Morgan fingerprint density at radius 3 is 2.67 bits per heavy atom. The summed E-state index contributed by atoms with van der Waals surface area (Å²) in [5.74, 6) is -0.225. The second-order valence-electron chi connectivity index (χ2n) is 4.83. The molecule has 1 saturated carbocycles. The minimum absolute atomic E-state index is 0.126. The van der Waals surface area contributed by atoms with Gasteiger partial charge >= 0.3 is 5.97 Å². The van der Waals surface area contributed by atoms with Gasteiger partial charge in [0, 0.05) is 25.6 Å². The highest BCUT2D eigenvalue weighted by Gasteiger charge is 2.51. The molecule has 0 atom stereocenters. The number of benzene rings is 1. The van der Waals surface area contributed by atoms with Gasteiger partial charge < -0.3 is 14.8 Å². The van der Waals surface area contributed by atoms with E-state index in [0.29, 0.717) is 12.8 Å². The fourth-order valence-electron chi connectivity index (χ4n) is 2.40. The van der Waals surface area contributed by atoms with E-state index in [9.17, 15) is 4.79 Å². The topological polar surface area (TPSA) is 47.6 Å². The number of methoxy groups -OCH3 is 2. The smallest absolute Gasteiger partial charge is 0.331 e. The van der Waals surface area contributed by atoms with E-state index in [1.165, 1.54) is 7.11 Å². The Morgan fingerprint density at radius 2 is 2.11 bits per heavy atom. The third-order valence-corrected chi connectivity index (χ3v) is 3.46. The molecule has 2 rings (SSSR count). The molecule has 1 fully saturated rings. The molecule has 4 heteroatoms. The van der Waals surface area contributed by atoms with Gasteiger partial charge in [0.05, 0.1) is 13.2 Å². The third-order valence-electron chi connectivity index (χ3n) is 3.46. The lowest BCUT2D eigenvalue weighted by molar-refractivity contribution is -0.154. The molecular formula is C14H19NO3. The summed E-state index contributed by atoms with van der Waals surface area (Å²) in [6.07, 6.45) is 1.41. The quantitative estimate of drug-likeness (QED) is 0.830. The summed E-state index contributed by atoms with van der Waals surface area (Å²) in [4.78, 5) is 11.9. The fourth-order valence-corrected chi connectivity index (χ4v) is 2.40. The van der Waals surface area contributed by atoms with Crippen LogP contribution in [-0.2, 0) is 14.3 Å². The van der Waals surface area contributed by atoms with E-state index in [2.05, 4.69) is 5.32 Å². The summed E-state index contributed by atoms with van der Waals surface area (Å²) < 4.78 is 10.1. The third kappa shape index (κ3) is 2.34. The predicted octanol–water partition coefficient (Wildman–Crippen LogP) is 2.13.